The second-order valence-electron chi connectivity index (χ2n) is 2.70. The fraction of sp³-hybridized carbons (Fsp3) is 0.444. The number of nitrogens with one attached hydrogen (secondary N) is 1. The number of aryl methyl sites for hydroxylation is 1. The van der Waals surface area contributed by atoms with Crippen LogP contribution in [0, 0.1) is 6.92 Å². The zero-order valence-corrected chi connectivity index (χ0v) is 8.76. The molecule has 1 rings (SSSR count). The van der Waals surface area contributed by atoms with Crippen LogP contribution in [0.25, 0.3) is 0 Å². The summed E-state index contributed by atoms with van der Waals surface area (Å²) in [7, 11) is 0. The largest absolute Gasteiger partial charge is 0.468 e. The first-order chi connectivity index (χ1) is 6.74. The number of aliphatic hydroxyl groups is 1. The van der Waals surface area contributed by atoms with Gasteiger partial charge in [-0.1, -0.05) is 0 Å². The van der Waals surface area contributed by atoms with Crippen molar-refractivity contribution in [2.75, 3.05) is 18.9 Å². The molecule has 0 aromatic carbocycles. The molecule has 0 saturated heterocycles. The fourth-order valence-electron chi connectivity index (χ4n) is 0.913. The molecule has 1 heterocycles. The number of aliphatic hydroxyl groups excluding tert-OH is 1. The van der Waals surface area contributed by atoms with E-state index in [4.69, 9.17) is 9.52 Å². The van der Waals surface area contributed by atoms with Gasteiger partial charge in [0.25, 0.3) is 0 Å². The molecule has 5 heteroatoms. The Bertz CT molecular complexity index is 298. The summed E-state index contributed by atoms with van der Waals surface area (Å²) in [6.07, 6.45) is 1.60. The van der Waals surface area contributed by atoms with E-state index in [2.05, 4.69) is 5.32 Å². The SMILES string of the molecule is Cc1occc1SCC(=O)NCCO. The van der Waals surface area contributed by atoms with Gasteiger partial charge in [-0.2, -0.15) is 0 Å². The highest BCUT2D eigenvalue weighted by Crippen LogP contribution is 2.22. The Morgan fingerprint density at radius 1 is 1.71 bits per heavy atom. The van der Waals surface area contributed by atoms with Crippen molar-refractivity contribution >= 4 is 17.7 Å². The van der Waals surface area contributed by atoms with Crippen molar-refractivity contribution in [1.29, 1.82) is 0 Å². The standard InChI is InChI=1S/C9H13NO3S/c1-7-8(2-5-13-7)14-6-9(12)10-3-4-11/h2,5,11H,3-4,6H2,1H3,(H,10,12). The van der Waals surface area contributed by atoms with E-state index < -0.39 is 0 Å². The maximum absolute atomic E-state index is 11.1. The topological polar surface area (TPSA) is 62.5 Å². The van der Waals surface area contributed by atoms with E-state index in [-0.39, 0.29) is 12.5 Å². The lowest BCUT2D eigenvalue weighted by molar-refractivity contribution is -0.118. The maximum Gasteiger partial charge on any atom is 0.230 e. The van der Waals surface area contributed by atoms with Gasteiger partial charge in [0.15, 0.2) is 0 Å². The van der Waals surface area contributed by atoms with Gasteiger partial charge in [-0.25, -0.2) is 0 Å². The molecule has 0 radical (unpaired) electrons. The van der Waals surface area contributed by atoms with E-state index in [1.165, 1.54) is 11.8 Å². The molecule has 0 aliphatic rings. The van der Waals surface area contributed by atoms with Gasteiger partial charge >= 0.3 is 0 Å². The third kappa shape index (κ3) is 3.43. The highest BCUT2D eigenvalue weighted by Gasteiger charge is 2.05. The average Bonchev–Trinajstić information content (AvgIpc) is 2.58. The van der Waals surface area contributed by atoms with Crippen molar-refractivity contribution in [2.24, 2.45) is 0 Å². The van der Waals surface area contributed by atoms with Crippen molar-refractivity contribution in [3.8, 4) is 0 Å². The summed E-state index contributed by atoms with van der Waals surface area (Å²) >= 11 is 1.42. The molecule has 0 fully saturated rings. The summed E-state index contributed by atoms with van der Waals surface area (Å²) in [5.41, 5.74) is 0. The Labute approximate surface area is 86.7 Å². The van der Waals surface area contributed by atoms with Crippen LogP contribution < -0.4 is 5.32 Å². The lowest BCUT2D eigenvalue weighted by atomic mass is 10.5. The average molecular weight is 215 g/mol. The summed E-state index contributed by atoms with van der Waals surface area (Å²) in [6.45, 7) is 2.14. The van der Waals surface area contributed by atoms with E-state index in [0.29, 0.717) is 12.3 Å². The number of hydrogen-bond acceptors (Lipinski definition) is 4. The lowest BCUT2D eigenvalue weighted by Gasteiger charge is -2.01. The number of thioether (sulfide) groups is 1. The van der Waals surface area contributed by atoms with Crippen LogP contribution in [0.4, 0.5) is 0 Å². The molecule has 4 nitrogen and oxygen atoms in total. The minimum atomic E-state index is -0.0790. The smallest absolute Gasteiger partial charge is 0.230 e. The van der Waals surface area contributed by atoms with Crippen molar-refractivity contribution < 1.29 is 14.3 Å². The number of carbonyl (C=O) groups excluding carboxylic acids is 1. The number of carbonyl (C=O) groups is 1. The second kappa shape index (κ2) is 5.72. The molecule has 0 aliphatic heterocycles. The monoisotopic (exact) mass is 215 g/mol. The summed E-state index contributed by atoms with van der Waals surface area (Å²) < 4.78 is 5.09. The molecule has 0 saturated carbocycles. The Kier molecular flexibility index (Phi) is 4.55. The first-order valence-corrected chi connectivity index (χ1v) is 5.27. The molecule has 0 spiro atoms. The van der Waals surface area contributed by atoms with E-state index in [0.717, 1.165) is 10.7 Å². The van der Waals surface area contributed by atoms with E-state index >= 15 is 0 Å². The normalized spacial score (nSPS) is 10.1. The van der Waals surface area contributed by atoms with Crippen LogP contribution in [0.3, 0.4) is 0 Å². The minimum Gasteiger partial charge on any atom is -0.468 e. The van der Waals surface area contributed by atoms with Gasteiger partial charge in [0.05, 0.1) is 18.6 Å². The third-order valence-corrected chi connectivity index (χ3v) is 2.75. The van der Waals surface area contributed by atoms with Gasteiger partial charge in [0, 0.05) is 11.4 Å². The Morgan fingerprint density at radius 3 is 3.07 bits per heavy atom. The number of amides is 1. The predicted octanol–water partition coefficient (Wildman–Crippen LogP) is 0.789. The predicted molar refractivity (Wildman–Crippen MR) is 54.3 cm³/mol. The third-order valence-electron chi connectivity index (χ3n) is 1.60. The van der Waals surface area contributed by atoms with Gasteiger partial charge in [0.2, 0.25) is 5.91 Å². The number of hydrogen-bond donors (Lipinski definition) is 2. The summed E-state index contributed by atoms with van der Waals surface area (Å²) in [6, 6.07) is 1.83. The summed E-state index contributed by atoms with van der Waals surface area (Å²) in [5, 5.41) is 11.0. The minimum absolute atomic E-state index is 0.0266. The molecule has 0 unspecified atom stereocenters. The van der Waals surface area contributed by atoms with Gasteiger partial charge < -0.3 is 14.8 Å². The van der Waals surface area contributed by atoms with Crippen LogP contribution in [0.1, 0.15) is 5.76 Å². The van der Waals surface area contributed by atoms with Crippen LogP contribution in [0.2, 0.25) is 0 Å². The Hall–Kier alpha value is -0.940. The lowest BCUT2D eigenvalue weighted by Crippen LogP contribution is -2.27. The van der Waals surface area contributed by atoms with Gasteiger partial charge in [-0.3, -0.25) is 4.79 Å². The van der Waals surface area contributed by atoms with Gasteiger partial charge in [0.1, 0.15) is 5.76 Å². The number of furan rings is 1. The zero-order chi connectivity index (χ0) is 10.4. The van der Waals surface area contributed by atoms with E-state index in [1.807, 2.05) is 13.0 Å². The molecule has 1 aromatic heterocycles. The van der Waals surface area contributed by atoms with Crippen molar-refractivity contribution in [1.82, 2.24) is 5.32 Å². The highest BCUT2D eigenvalue weighted by molar-refractivity contribution is 8.00. The molecule has 1 amide bonds. The van der Waals surface area contributed by atoms with Crippen molar-refractivity contribution in [3.05, 3.63) is 18.1 Å². The van der Waals surface area contributed by atoms with E-state index in [9.17, 15) is 4.79 Å². The summed E-state index contributed by atoms with van der Waals surface area (Å²) in [5.74, 6) is 1.09. The first-order valence-electron chi connectivity index (χ1n) is 4.28. The van der Waals surface area contributed by atoms with Crippen LogP contribution in [0.15, 0.2) is 21.6 Å². The molecule has 0 aliphatic carbocycles. The quantitative estimate of drug-likeness (QED) is 0.713. The second-order valence-corrected chi connectivity index (χ2v) is 3.72. The van der Waals surface area contributed by atoms with Crippen LogP contribution in [-0.2, 0) is 4.79 Å². The molecular weight excluding hydrogens is 202 g/mol. The van der Waals surface area contributed by atoms with Crippen LogP contribution in [0.5, 0.6) is 0 Å². The molecule has 2 N–H and O–H groups in total. The molecule has 0 bridgehead atoms. The Balaban J connectivity index is 2.27. The maximum atomic E-state index is 11.1. The van der Waals surface area contributed by atoms with Crippen LogP contribution >= 0.6 is 11.8 Å². The fourth-order valence-corrected chi connectivity index (χ4v) is 1.70. The zero-order valence-electron chi connectivity index (χ0n) is 7.95. The molecular formula is C9H13NO3S. The summed E-state index contributed by atoms with van der Waals surface area (Å²) in [4.78, 5) is 12.1. The van der Waals surface area contributed by atoms with E-state index in [1.54, 1.807) is 6.26 Å². The molecule has 78 valence electrons. The number of rotatable bonds is 5. The molecule has 14 heavy (non-hydrogen) atoms. The first kappa shape index (κ1) is 11.1. The van der Waals surface area contributed by atoms with Gasteiger partial charge in [-0.05, 0) is 13.0 Å². The van der Waals surface area contributed by atoms with Crippen molar-refractivity contribution in [3.63, 3.8) is 0 Å². The van der Waals surface area contributed by atoms with Crippen molar-refractivity contribution in [2.45, 2.75) is 11.8 Å². The van der Waals surface area contributed by atoms with Gasteiger partial charge in [-0.15, -0.1) is 11.8 Å². The van der Waals surface area contributed by atoms with Crippen LogP contribution in [-0.4, -0.2) is 29.9 Å². The molecule has 0 atom stereocenters. The Morgan fingerprint density at radius 2 is 2.50 bits per heavy atom. The highest BCUT2D eigenvalue weighted by atomic mass is 32.2. The molecule has 1 aromatic rings.